The summed E-state index contributed by atoms with van der Waals surface area (Å²) in [5.74, 6) is -0.301. The second-order valence-electron chi connectivity index (χ2n) is 5.20. The van der Waals surface area contributed by atoms with Gasteiger partial charge in [-0.15, -0.1) is 0 Å². The molecule has 3 rings (SSSR count). The van der Waals surface area contributed by atoms with Crippen LogP contribution in [0.2, 0.25) is 0 Å². The Bertz CT molecular complexity index is 623. The van der Waals surface area contributed by atoms with Crippen LogP contribution in [0.15, 0.2) is 21.3 Å². The van der Waals surface area contributed by atoms with Crippen molar-refractivity contribution in [2.75, 3.05) is 19.6 Å². The van der Waals surface area contributed by atoms with Crippen LogP contribution in [-0.2, 0) is 6.54 Å². The molecule has 2 aromatic rings. The summed E-state index contributed by atoms with van der Waals surface area (Å²) in [6, 6.07) is 3.68. The van der Waals surface area contributed by atoms with E-state index in [4.69, 9.17) is 4.42 Å². The number of hydrogen-bond acceptors (Lipinski definition) is 4. The number of rotatable bonds is 3. The molecule has 0 N–H and O–H groups in total. The van der Waals surface area contributed by atoms with E-state index in [0.29, 0.717) is 17.8 Å². The van der Waals surface area contributed by atoms with Crippen LogP contribution >= 0.6 is 0 Å². The number of aryl methyl sites for hydroxylation is 1. The average molecular weight is 261 g/mol. The van der Waals surface area contributed by atoms with Crippen LogP contribution < -0.4 is 5.76 Å². The van der Waals surface area contributed by atoms with Gasteiger partial charge in [0.15, 0.2) is 11.2 Å². The van der Waals surface area contributed by atoms with E-state index >= 15 is 0 Å². The van der Waals surface area contributed by atoms with Crippen molar-refractivity contribution in [1.29, 1.82) is 0 Å². The maximum atomic E-state index is 11.9. The maximum Gasteiger partial charge on any atom is 0.421 e. The first kappa shape index (κ1) is 12.4. The van der Waals surface area contributed by atoms with Gasteiger partial charge in [0.05, 0.1) is 0 Å². The first-order valence-electron chi connectivity index (χ1n) is 6.93. The topological polar surface area (TPSA) is 51.3 Å². The highest BCUT2D eigenvalue weighted by atomic mass is 16.4. The Balaban J connectivity index is 1.81. The van der Waals surface area contributed by atoms with Gasteiger partial charge in [0, 0.05) is 18.8 Å². The number of nitrogens with zero attached hydrogens (tertiary/aromatic N) is 3. The third kappa shape index (κ3) is 2.56. The van der Waals surface area contributed by atoms with Crippen molar-refractivity contribution in [3.05, 3.63) is 28.4 Å². The van der Waals surface area contributed by atoms with Crippen molar-refractivity contribution >= 4 is 11.2 Å². The summed E-state index contributed by atoms with van der Waals surface area (Å²) in [4.78, 5) is 18.7. The highest BCUT2D eigenvalue weighted by Crippen LogP contribution is 2.12. The van der Waals surface area contributed by atoms with Crippen molar-refractivity contribution in [2.45, 2.75) is 32.7 Å². The molecule has 0 bridgehead atoms. The molecule has 19 heavy (non-hydrogen) atoms. The van der Waals surface area contributed by atoms with E-state index in [-0.39, 0.29) is 5.76 Å². The molecule has 0 spiro atoms. The number of hydrogen-bond donors (Lipinski definition) is 0. The standard InChI is InChI=1S/C14H19N3O2/c1-11-5-6-12-13(15-11)17(14(18)19-12)10-9-16-7-3-2-4-8-16/h5-6H,2-4,7-10H2,1H3. The van der Waals surface area contributed by atoms with Gasteiger partial charge in [0.2, 0.25) is 0 Å². The summed E-state index contributed by atoms with van der Waals surface area (Å²) in [5, 5.41) is 0. The predicted molar refractivity (Wildman–Crippen MR) is 73.3 cm³/mol. The molecule has 3 heterocycles. The van der Waals surface area contributed by atoms with Crippen molar-refractivity contribution in [3.8, 4) is 0 Å². The molecule has 5 heteroatoms. The number of fused-ring (bicyclic) bond motifs is 1. The molecule has 5 nitrogen and oxygen atoms in total. The van der Waals surface area contributed by atoms with Gasteiger partial charge in [-0.3, -0.25) is 4.57 Å². The quantitative estimate of drug-likeness (QED) is 0.845. The van der Waals surface area contributed by atoms with E-state index in [1.54, 1.807) is 4.57 Å². The Kier molecular flexibility index (Phi) is 3.38. The Morgan fingerprint density at radius 1 is 1.21 bits per heavy atom. The molecular weight excluding hydrogens is 242 g/mol. The molecule has 1 aliphatic rings. The lowest BCUT2D eigenvalue weighted by Crippen LogP contribution is -2.34. The molecule has 0 atom stereocenters. The van der Waals surface area contributed by atoms with Crippen LogP contribution in [0, 0.1) is 6.92 Å². The number of aromatic nitrogens is 2. The van der Waals surface area contributed by atoms with E-state index < -0.39 is 0 Å². The lowest BCUT2D eigenvalue weighted by atomic mass is 10.1. The van der Waals surface area contributed by atoms with Crippen LogP contribution in [-0.4, -0.2) is 34.1 Å². The number of pyridine rings is 1. The molecule has 0 unspecified atom stereocenters. The zero-order valence-electron chi connectivity index (χ0n) is 11.3. The molecule has 0 amide bonds. The summed E-state index contributed by atoms with van der Waals surface area (Å²) in [5.41, 5.74) is 2.15. The van der Waals surface area contributed by atoms with E-state index in [0.717, 1.165) is 25.3 Å². The third-order valence-corrected chi connectivity index (χ3v) is 3.74. The fourth-order valence-corrected chi connectivity index (χ4v) is 2.66. The Morgan fingerprint density at radius 3 is 2.79 bits per heavy atom. The number of piperidine rings is 1. The van der Waals surface area contributed by atoms with Gasteiger partial charge >= 0.3 is 5.76 Å². The molecule has 1 aliphatic heterocycles. The molecule has 0 aromatic carbocycles. The largest absolute Gasteiger partial charge is 0.421 e. The first-order chi connectivity index (χ1) is 9.24. The van der Waals surface area contributed by atoms with E-state index in [2.05, 4.69) is 9.88 Å². The minimum Gasteiger partial charge on any atom is -0.406 e. The minimum atomic E-state index is -0.301. The summed E-state index contributed by atoms with van der Waals surface area (Å²) < 4.78 is 6.87. The Morgan fingerprint density at radius 2 is 2.00 bits per heavy atom. The van der Waals surface area contributed by atoms with E-state index in [1.807, 2.05) is 19.1 Å². The molecule has 0 radical (unpaired) electrons. The third-order valence-electron chi connectivity index (χ3n) is 3.74. The van der Waals surface area contributed by atoms with E-state index in [1.165, 1.54) is 19.3 Å². The Hall–Kier alpha value is -1.62. The molecule has 0 saturated carbocycles. The summed E-state index contributed by atoms with van der Waals surface area (Å²) >= 11 is 0. The molecule has 1 fully saturated rings. The van der Waals surface area contributed by atoms with Gasteiger partial charge in [0.25, 0.3) is 0 Å². The summed E-state index contributed by atoms with van der Waals surface area (Å²) in [7, 11) is 0. The fraction of sp³-hybridized carbons (Fsp3) is 0.571. The zero-order chi connectivity index (χ0) is 13.2. The monoisotopic (exact) mass is 261 g/mol. The normalized spacial score (nSPS) is 17.1. The molecular formula is C14H19N3O2. The van der Waals surface area contributed by atoms with Crippen LogP contribution in [0.4, 0.5) is 0 Å². The van der Waals surface area contributed by atoms with Gasteiger partial charge in [-0.1, -0.05) is 6.42 Å². The predicted octanol–water partition coefficient (Wildman–Crippen LogP) is 1.78. The fourth-order valence-electron chi connectivity index (χ4n) is 2.66. The van der Waals surface area contributed by atoms with E-state index in [9.17, 15) is 4.79 Å². The van der Waals surface area contributed by atoms with Gasteiger partial charge in [-0.05, 0) is 45.0 Å². The number of likely N-dealkylation sites (tertiary alicyclic amines) is 1. The van der Waals surface area contributed by atoms with Gasteiger partial charge in [0.1, 0.15) is 0 Å². The summed E-state index contributed by atoms with van der Waals surface area (Å²) in [6.45, 7) is 5.74. The molecule has 0 aliphatic carbocycles. The molecule has 2 aromatic heterocycles. The minimum absolute atomic E-state index is 0.301. The van der Waals surface area contributed by atoms with Crippen molar-refractivity contribution in [2.24, 2.45) is 0 Å². The van der Waals surface area contributed by atoms with Crippen LogP contribution in [0.3, 0.4) is 0 Å². The molecule has 1 saturated heterocycles. The van der Waals surface area contributed by atoms with Crippen LogP contribution in [0.1, 0.15) is 25.0 Å². The highest BCUT2D eigenvalue weighted by molar-refractivity contribution is 5.67. The highest BCUT2D eigenvalue weighted by Gasteiger charge is 2.14. The maximum absolute atomic E-state index is 11.9. The zero-order valence-corrected chi connectivity index (χ0v) is 11.3. The van der Waals surface area contributed by atoms with Crippen LogP contribution in [0.5, 0.6) is 0 Å². The van der Waals surface area contributed by atoms with Crippen molar-refractivity contribution in [1.82, 2.24) is 14.5 Å². The lowest BCUT2D eigenvalue weighted by molar-refractivity contribution is 0.219. The van der Waals surface area contributed by atoms with Gasteiger partial charge in [-0.25, -0.2) is 9.78 Å². The van der Waals surface area contributed by atoms with Crippen LogP contribution in [0.25, 0.3) is 11.2 Å². The Labute approximate surface area is 111 Å². The first-order valence-corrected chi connectivity index (χ1v) is 6.93. The average Bonchev–Trinajstić information content (AvgIpc) is 2.73. The lowest BCUT2D eigenvalue weighted by Gasteiger charge is -2.26. The van der Waals surface area contributed by atoms with Crippen molar-refractivity contribution in [3.63, 3.8) is 0 Å². The van der Waals surface area contributed by atoms with Gasteiger partial charge in [-0.2, -0.15) is 0 Å². The van der Waals surface area contributed by atoms with Crippen molar-refractivity contribution < 1.29 is 4.42 Å². The summed E-state index contributed by atoms with van der Waals surface area (Å²) in [6.07, 6.45) is 3.85. The number of oxazole rings is 1. The van der Waals surface area contributed by atoms with Gasteiger partial charge < -0.3 is 9.32 Å². The SMILES string of the molecule is Cc1ccc2oc(=O)n(CCN3CCCCC3)c2n1. The smallest absolute Gasteiger partial charge is 0.406 e. The second kappa shape index (κ2) is 5.17. The second-order valence-corrected chi connectivity index (χ2v) is 5.20. The molecule has 102 valence electrons.